The third kappa shape index (κ3) is 4.01. The van der Waals surface area contributed by atoms with E-state index in [1.54, 1.807) is 49.4 Å². The van der Waals surface area contributed by atoms with Crippen LogP contribution in [0.4, 0.5) is 5.69 Å². The van der Waals surface area contributed by atoms with E-state index in [0.717, 1.165) is 5.56 Å². The molecule has 0 bridgehead atoms. The number of nitrogens with one attached hydrogen (secondary N) is 2. The van der Waals surface area contributed by atoms with E-state index in [-0.39, 0.29) is 5.91 Å². The molecule has 1 unspecified atom stereocenters. The largest absolute Gasteiger partial charge is 0.493 e. The highest BCUT2D eigenvalue weighted by Gasteiger charge is 2.20. The van der Waals surface area contributed by atoms with Crippen molar-refractivity contribution in [2.24, 2.45) is 7.05 Å². The van der Waals surface area contributed by atoms with Gasteiger partial charge >= 0.3 is 0 Å². The van der Waals surface area contributed by atoms with Crippen molar-refractivity contribution >= 4 is 11.6 Å². The molecule has 0 aliphatic carbocycles. The quantitative estimate of drug-likeness (QED) is 0.813. The molecule has 1 aromatic carbocycles. The van der Waals surface area contributed by atoms with Crippen LogP contribution in [0.15, 0.2) is 30.6 Å². The van der Waals surface area contributed by atoms with Crippen LogP contribution in [0.1, 0.15) is 18.5 Å². The van der Waals surface area contributed by atoms with E-state index in [4.69, 9.17) is 9.47 Å². The zero-order valence-corrected chi connectivity index (χ0v) is 13.8. The van der Waals surface area contributed by atoms with Crippen molar-refractivity contribution in [3.63, 3.8) is 0 Å². The molecule has 0 spiro atoms. The maximum Gasteiger partial charge on any atom is 0.246 e. The van der Waals surface area contributed by atoms with E-state index in [1.807, 2.05) is 14.0 Å². The van der Waals surface area contributed by atoms with Gasteiger partial charge in [0.2, 0.25) is 5.91 Å². The summed E-state index contributed by atoms with van der Waals surface area (Å²) < 4.78 is 12.4. The molecule has 1 atom stereocenters. The van der Waals surface area contributed by atoms with Crippen LogP contribution in [0.25, 0.3) is 0 Å². The summed E-state index contributed by atoms with van der Waals surface area (Å²) in [7, 11) is 5.11. The van der Waals surface area contributed by atoms with Gasteiger partial charge in [-0.2, -0.15) is 5.10 Å². The summed E-state index contributed by atoms with van der Waals surface area (Å²) in [5.41, 5.74) is 1.44. The summed E-state index contributed by atoms with van der Waals surface area (Å²) in [6, 6.07) is 4.80. The SMILES string of the molecule is CCOc1ccc(NC(=O)C(NC)c2cnn(C)c2)cc1OC. The Kier molecular flexibility index (Phi) is 5.59. The van der Waals surface area contributed by atoms with Crippen LogP contribution < -0.4 is 20.1 Å². The number of aromatic nitrogens is 2. The summed E-state index contributed by atoms with van der Waals surface area (Å²) in [5, 5.41) is 9.96. The van der Waals surface area contributed by atoms with Gasteiger partial charge in [-0.15, -0.1) is 0 Å². The molecule has 2 rings (SSSR count). The second-order valence-corrected chi connectivity index (χ2v) is 4.96. The number of aryl methyl sites for hydroxylation is 1. The van der Waals surface area contributed by atoms with Crippen molar-refractivity contribution in [3.8, 4) is 11.5 Å². The zero-order valence-electron chi connectivity index (χ0n) is 13.8. The maximum atomic E-state index is 12.5. The third-order valence-electron chi connectivity index (χ3n) is 3.34. The summed E-state index contributed by atoms with van der Waals surface area (Å²) >= 11 is 0. The number of benzene rings is 1. The Hall–Kier alpha value is -2.54. The Morgan fingerprint density at radius 1 is 1.39 bits per heavy atom. The molecule has 124 valence electrons. The minimum absolute atomic E-state index is 0.174. The molecule has 0 radical (unpaired) electrons. The first kappa shape index (κ1) is 16.8. The molecule has 2 aromatic rings. The van der Waals surface area contributed by atoms with Gasteiger partial charge in [-0.05, 0) is 26.1 Å². The Morgan fingerprint density at radius 3 is 2.74 bits per heavy atom. The molecule has 23 heavy (non-hydrogen) atoms. The Morgan fingerprint density at radius 2 is 2.17 bits per heavy atom. The van der Waals surface area contributed by atoms with E-state index >= 15 is 0 Å². The minimum Gasteiger partial charge on any atom is -0.493 e. The third-order valence-corrected chi connectivity index (χ3v) is 3.34. The number of amides is 1. The lowest BCUT2D eigenvalue weighted by Gasteiger charge is -2.16. The van der Waals surface area contributed by atoms with Crippen LogP contribution in [0.3, 0.4) is 0 Å². The van der Waals surface area contributed by atoms with Crippen molar-refractivity contribution in [1.29, 1.82) is 0 Å². The van der Waals surface area contributed by atoms with Gasteiger partial charge < -0.3 is 20.1 Å². The second-order valence-electron chi connectivity index (χ2n) is 4.96. The first-order valence-corrected chi connectivity index (χ1v) is 7.36. The van der Waals surface area contributed by atoms with Gasteiger partial charge in [0.15, 0.2) is 11.5 Å². The van der Waals surface area contributed by atoms with Crippen LogP contribution in [-0.2, 0) is 11.8 Å². The van der Waals surface area contributed by atoms with Crippen LogP contribution in [0, 0.1) is 0 Å². The molecule has 0 saturated heterocycles. The van der Waals surface area contributed by atoms with E-state index < -0.39 is 6.04 Å². The number of rotatable bonds is 7. The molecule has 1 aromatic heterocycles. The minimum atomic E-state index is -0.485. The number of anilines is 1. The lowest BCUT2D eigenvalue weighted by molar-refractivity contribution is -0.118. The number of ether oxygens (including phenoxy) is 2. The monoisotopic (exact) mass is 318 g/mol. The molecule has 2 N–H and O–H groups in total. The molecule has 1 amide bonds. The highest BCUT2D eigenvalue weighted by atomic mass is 16.5. The maximum absolute atomic E-state index is 12.5. The average molecular weight is 318 g/mol. The molecule has 0 aliphatic heterocycles. The van der Waals surface area contributed by atoms with Crippen LogP contribution in [-0.4, -0.2) is 36.5 Å². The first-order chi connectivity index (χ1) is 11.1. The fourth-order valence-corrected chi connectivity index (χ4v) is 2.27. The van der Waals surface area contributed by atoms with Crippen molar-refractivity contribution < 1.29 is 14.3 Å². The molecule has 0 saturated carbocycles. The molecular weight excluding hydrogens is 296 g/mol. The predicted octanol–water partition coefficient (Wildman–Crippen LogP) is 1.73. The molecular formula is C16H22N4O3. The topological polar surface area (TPSA) is 77.4 Å². The van der Waals surface area contributed by atoms with Gasteiger partial charge in [0, 0.05) is 30.6 Å². The van der Waals surface area contributed by atoms with Crippen molar-refractivity contribution in [2.45, 2.75) is 13.0 Å². The smallest absolute Gasteiger partial charge is 0.246 e. The van der Waals surface area contributed by atoms with E-state index in [1.165, 1.54) is 0 Å². The van der Waals surface area contributed by atoms with Crippen molar-refractivity contribution in [3.05, 3.63) is 36.2 Å². The number of methoxy groups -OCH3 is 1. The predicted molar refractivity (Wildman–Crippen MR) is 87.8 cm³/mol. The summed E-state index contributed by atoms with van der Waals surface area (Å²) in [4.78, 5) is 12.5. The number of likely N-dealkylation sites (N-methyl/N-ethyl adjacent to an activating group) is 1. The van der Waals surface area contributed by atoms with Gasteiger partial charge in [0.25, 0.3) is 0 Å². The number of carbonyl (C=O) groups excluding carboxylic acids is 1. The van der Waals surface area contributed by atoms with Crippen molar-refractivity contribution in [1.82, 2.24) is 15.1 Å². The van der Waals surface area contributed by atoms with Crippen LogP contribution >= 0.6 is 0 Å². The van der Waals surface area contributed by atoms with Gasteiger partial charge in [-0.3, -0.25) is 9.48 Å². The van der Waals surface area contributed by atoms with Gasteiger partial charge in [-0.1, -0.05) is 0 Å². The average Bonchev–Trinajstić information content (AvgIpc) is 2.96. The van der Waals surface area contributed by atoms with E-state index in [2.05, 4.69) is 15.7 Å². The summed E-state index contributed by atoms with van der Waals surface area (Å²) in [6.07, 6.45) is 3.47. The highest BCUT2D eigenvalue weighted by Crippen LogP contribution is 2.30. The molecule has 7 heteroatoms. The fraction of sp³-hybridized carbons (Fsp3) is 0.375. The number of hydrogen-bond acceptors (Lipinski definition) is 5. The summed E-state index contributed by atoms with van der Waals surface area (Å²) in [5.74, 6) is 1.05. The molecule has 1 heterocycles. The first-order valence-electron chi connectivity index (χ1n) is 7.36. The van der Waals surface area contributed by atoms with Gasteiger partial charge in [-0.25, -0.2) is 0 Å². The number of nitrogens with zero attached hydrogens (tertiary/aromatic N) is 2. The standard InChI is InChI=1S/C16H22N4O3/c1-5-23-13-7-6-12(8-14(13)22-4)19-16(21)15(17-2)11-9-18-20(3)10-11/h6-10,15,17H,5H2,1-4H3,(H,19,21). The van der Waals surface area contributed by atoms with E-state index in [9.17, 15) is 4.79 Å². The number of hydrogen-bond donors (Lipinski definition) is 2. The van der Waals surface area contributed by atoms with Crippen LogP contribution in [0.5, 0.6) is 11.5 Å². The van der Waals surface area contributed by atoms with E-state index in [0.29, 0.717) is 23.8 Å². The van der Waals surface area contributed by atoms with Crippen molar-refractivity contribution in [2.75, 3.05) is 26.1 Å². The van der Waals surface area contributed by atoms with Crippen LogP contribution in [0.2, 0.25) is 0 Å². The lowest BCUT2D eigenvalue weighted by Crippen LogP contribution is -2.30. The molecule has 0 fully saturated rings. The number of carbonyl (C=O) groups is 1. The Labute approximate surface area is 135 Å². The highest BCUT2D eigenvalue weighted by molar-refractivity contribution is 5.95. The zero-order chi connectivity index (χ0) is 16.8. The lowest BCUT2D eigenvalue weighted by atomic mass is 10.1. The Bertz CT molecular complexity index is 669. The fourth-order valence-electron chi connectivity index (χ4n) is 2.27. The molecule has 0 aliphatic rings. The van der Waals surface area contributed by atoms with Gasteiger partial charge in [0.05, 0.1) is 19.9 Å². The Balaban J connectivity index is 2.15. The summed E-state index contributed by atoms with van der Waals surface area (Å²) in [6.45, 7) is 2.45. The second kappa shape index (κ2) is 7.64. The van der Waals surface area contributed by atoms with Gasteiger partial charge in [0.1, 0.15) is 6.04 Å². The molecule has 7 nitrogen and oxygen atoms in total. The normalized spacial score (nSPS) is 11.8.